The number of rotatable bonds is 6. The van der Waals surface area contributed by atoms with Gasteiger partial charge in [-0.3, -0.25) is 0 Å². The normalized spacial score (nSPS) is 38.8. The van der Waals surface area contributed by atoms with Gasteiger partial charge in [-0.2, -0.15) is 0 Å². The molecule has 0 aromatic rings. The predicted octanol–water partition coefficient (Wildman–Crippen LogP) is 5.70. The minimum Gasteiger partial charge on any atom is -0.393 e. The van der Waals surface area contributed by atoms with E-state index in [1.54, 1.807) is 5.57 Å². The predicted molar refractivity (Wildman–Crippen MR) is 124 cm³/mol. The summed E-state index contributed by atoms with van der Waals surface area (Å²) < 4.78 is 0. The van der Waals surface area contributed by atoms with Crippen LogP contribution < -0.4 is 0 Å². The fourth-order valence-corrected chi connectivity index (χ4v) is 6.74. The summed E-state index contributed by atoms with van der Waals surface area (Å²) in [5, 5.41) is 30.2. The van der Waals surface area contributed by atoms with E-state index in [1.807, 2.05) is 13.8 Å². The van der Waals surface area contributed by atoms with Crippen molar-refractivity contribution in [2.75, 3.05) is 0 Å². The molecule has 170 valence electrons. The summed E-state index contributed by atoms with van der Waals surface area (Å²) in [6.45, 7) is 12.8. The van der Waals surface area contributed by atoms with Gasteiger partial charge in [-0.25, -0.2) is 0 Å². The highest BCUT2D eigenvalue weighted by Gasteiger charge is 2.50. The Balaban J connectivity index is 1.70. The van der Waals surface area contributed by atoms with Crippen LogP contribution in [0, 0.1) is 23.2 Å². The monoisotopic (exact) mass is 416 g/mol. The lowest BCUT2D eigenvalue weighted by Crippen LogP contribution is -2.36. The highest BCUT2D eigenvalue weighted by Crippen LogP contribution is 2.60. The number of hydrogen-bond donors (Lipinski definition) is 3. The molecule has 0 aromatic carbocycles. The smallest absolute Gasteiger partial charge is 0.0811 e. The Kier molecular flexibility index (Phi) is 7.37. The van der Waals surface area contributed by atoms with Crippen molar-refractivity contribution in [3.05, 3.63) is 35.5 Å². The molecular formula is C27H44O3. The molecule has 3 saturated carbocycles. The lowest BCUT2D eigenvalue weighted by molar-refractivity contribution is 0.0596. The third kappa shape index (κ3) is 5.29. The Morgan fingerprint density at radius 2 is 1.97 bits per heavy atom. The van der Waals surface area contributed by atoms with Crippen LogP contribution in [0.15, 0.2) is 35.5 Å². The van der Waals surface area contributed by atoms with Gasteiger partial charge in [-0.15, -0.1) is 0 Å². The number of fused-ring (bicyclic) bond motifs is 1. The lowest BCUT2D eigenvalue weighted by Gasteiger charge is -2.44. The van der Waals surface area contributed by atoms with Crippen LogP contribution in [0.4, 0.5) is 0 Å². The van der Waals surface area contributed by atoms with Crippen LogP contribution in [0.25, 0.3) is 0 Å². The fourth-order valence-electron chi connectivity index (χ4n) is 6.74. The summed E-state index contributed by atoms with van der Waals surface area (Å²) in [7, 11) is 0. The van der Waals surface area contributed by atoms with Crippen molar-refractivity contribution < 1.29 is 15.3 Å². The Bertz CT molecular complexity index is 683. The second-order valence-corrected chi connectivity index (χ2v) is 11.3. The van der Waals surface area contributed by atoms with Crippen molar-refractivity contribution in [2.24, 2.45) is 23.2 Å². The van der Waals surface area contributed by atoms with Gasteiger partial charge >= 0.3 is 0 Å². The van der Waals surface area contributed by atoms with Gasteiger partial charge in [0.25, 0.3) is 0 Å². The zero-order chi connectivity index (χ0) is 22.1. The lowest BCUT2D eigenvalue weighted by atomic mass is 9.60. The van der Waals surface area contributed by atoms with E-state index in [4.69, 9.17) is 0 Å². The van der Waals surface area contributed by atoms with E-state index in [-0.39, 0.29) is 0 Å². The molecule has 0 heterocycles. The summed E-state index contributed by atoms with van der Waals surface area (Å²) in [4.78, 5) is 0. The molecule has 6 atom stereocenters. The topological polar surface area (TPSA) is 60.7 Å². The van der Waals surface area contributed by atoms with Crippen LogP contribution in [0.3, 0.4) is 0 Å². The number of allylic oxidation sites excluding steroid dienone is 3. The van der Waals surface area contributed by atoms with Crippen molar-refractivity contribution >= 4 is 0 Å². The van der Waals surface area contributed by atoms with E-state index < -0.39 is 17.8 Å². The molecule has 0 aliphatic heterocycles. The van der Waals surface area contributed by atoms with E-state index in [1.165, 1.54) is 38.5 Å². The Labute approximate surface area is 184 Å². The van der Waals surface area contributed by atoms with E-state index in [9.17, 15) is 15.3 Å². The molecule has 3 rings (SSSR count). The molecule has 3 N–H and O–H groups in total. The number of aliphatic hydroxyl groups excluding tert-OH is 2. The first kappa shape index (κ1) is 23.8. The van der Waals surface area contributed by atoms with Gasteiger partial charge in [-0.05, 0) is 93.1 Å². The molecule has 3 fully saturated rings. The minimum atomic E-state index is -0.615. The van der Waals surface area contributed by atoms with Gasteiger partial charge in [0.2, 0.25) is 0 Å². The van der Waals surface area contributed by atoms with Gasteiger partial charge in [-0.1, -0.05) is 51.0 Å². The van der Waals surface area contributed by atoms with Gasteiger partial charge in [0.15, 0.2) is 0 Å². The van der Waals surface area contributed by atoms with Gasteiger partial charge in [0.1, 0.15) is 0 Å². The van der Waals surface area contributed by atoms with Crippen LogP contribution in [0.5, 0.6) is 0 Å². The third-order valence-electron chi connectivity index (χ3n) is 8.44. The quantitative estimate of drug-likeness (QED) is 0.520. The van der Waals surface area contributed by atoms with Crippen LogP contribution in [0.2, 0.25) is 0 Å². The largest absolute Gasteiger partial charge is 0.393 e. The molecule has 3 heteroatoms. The number of hydrogen-bond acceptors (Lipinski definition) is 3. The Hall–Kier alpha value is -0.900. The van der Waals surface area contributed by atoms with Crippen LogP contribution in [0.1, 0.15) is 91.9 Å². The molecule has 30 heavy (non-hydrogen) atoms. The van der Waals surface area contributed by atoms with Crippen LogP contribution in [-0.2, 0) is 0 Å². The maximum Gasteiger partial charge on any atom is 0.0811 e. The fraction of sp³-hybridized carbons (Fsp3) is 0.778. The summed E-state index contributed by atoms with van der Waals surface area (Å²) in [5.41, 5.74) is 3.17. The molecule has 0 unspecified atom stereocenters. The van der Waals surface area contributed by atoms with E-state index in [0.717, 1.165) is 29.9 Å². The Morgan fingerprint density at radius 1 is 1.23 bits per heavy atom. The first-order chi connectivity index (χ1) is 14.0. The van der Waals surface area contributed by atoms with Crippen molar-refractivity contribution in [1.29, 1.82) is 0 Å². The molecular weight excluding hydrogens is 372 g/mol. The highest BCUT2D eigenvalue weighted by molar-refractivity contribution is 5.38. The molecule has 3 aliphatic carbocycles. The van der Waals surface area contributed by atoms with Gasteiger partial charge < -0.3 is 15.3 Å². The maximum absolute atomic E-state index is 10.1. The SMILES string of the molecule is C=C1/C(=C/C=C2\CCC[C@@]3(C)[C@@H]2CC[C@@H]3[C@H](C)CCCC(C)(C)O)C[C@@H](O)C[C@@H]1O. The summed E-state index contributed by atoms with van der Waals surface area (Å²) in [6, 6.07) is 0. The molecule has 0 radical (unpaired) electrons. The van der Waals surface area contributed by atoms with E-state index >= 15 is 0 Å². The van der Waals surface area contributed by atoms with Crippen molar-refractivity contribution in [1.82, 2.24) is 0 Å². The average Bonchev–Trinajstić information content (AvgIpc) is 3.00. The Morgan fingerprint density at radius 3 is 2.67 bits per heavy atom. The zero-order valence-electron chi connectivity index (χ0n) is 19.7. The molecule has 0 amide bonds. The second kappa shape index (κ2) is 9.30. The molecule has 3 aliphatic rings. The first-order valence-corrected chi connectivity index (χ1v) is 12.2. The van der Waals surface area contributed by atoms with Crippen LogP contribution >= 0.6 is 0 Å². The maximum atomic E-state index is 10.1. The van der Waals surface area contributed by atoms with Gasteiger partial charge in [0, 0.05) is 6.42 Å². The van der Waals surface area contributed by atoms with Gasteiger partial charge in [0.05, 0.1) is 17.8 Å². The first-order valence-electron chi connectivity index (χ1n) is 12.2. The van der Waals surface area contributed by atoms with Crippen LogP contribution in [-0.4, -0.2) is 33.1 Å². The standard InChI is InChI=1S/C27H44O3/c1-18(8-6-14-26(3,4)30)23-12-13-24-20(9-7-15-27(23,24)5)10-11-21-16-22(28)17-25(29)19(21)2/h10-11,18,22-25,28-30H,2,6-9,12-17H2,1,3-5H3/b20-10+,21-11+/t18-,22-,23-,24-,25+,27-/m1/s1. The third-order valence-corrected chi connectivity index (χ3v) is 8.44. The highest BCUT2D eigenvalue weighted by atomic mass is 16.3. The number of aliphatic hydroxyl groups is 3. The molecule has 0 bridgehead atoms. The van der Waals surface area contributed by atoms with Crippen molar-refractivity contribution in [3.8, 4) is 0 Å². The molecule has 3 nitrogen and oxygen atoms in total. The zero-order valence-corrected chi connectivity index (χ0v) is 19.7. The van der Waals surface area contributed by atoms with E-state index in [0.29, 0.717) is 30.1 Å². The molecule has 0 aromatic heterocycles. The van der Waals surface area contributed by atoms with E-state index in [2.05, 4.69) is 32.6 Å². The van der Waals surface area contributed by atoms with Crippen molar-refractivity contribution in [3.63, 3.8) is 0 Å². The average molecular weight is 417 g/mol. The second-order valence-electron chi connectivity index (χ2n) is 11.3. The molecule has 0 spiro atoms. The minimum absolute atomic E-state index is 0.374. The van der Waals surface area contributed by atoms with Crippen molar-refractivity contribution in [2.45, 2.75) is 110 Å². The summed E-state index contributed by atoms with van der Waals surface area (Å²) >= 11 is 0. The summed E-state index contributed by atoms with van der Waals surface area (Å²) in [6.07, 6.45) is 13.9. The summed E-state index contributed by atoms with van der Waals surface area (Å²) in [5.74, 6) is 2.11. The molecule has 0 saturated heterocycles.